The molecule has 0 bridgehead atoms. The summed E-state index contributed by atoms with van der Waals surface area (Å²) in [6, 6.07) is 12.3. The second-order valence-corrected chi connectivity index (χ2v) is 11.3. The Labute approximate surface area is 219 Å². The fraction of sp³-hybridized carbons (Fsp3) is 0.333. The van der Waals surface area contributed by atoms with E-state index in [0.29, 0.717) is 26.7 Å². The summed E-state index contributed by atoms with van der Waals surface area (Å²) >= 11 is 12.5. The van der Waals surface area contributed by atoms with Crippen molar-refractivity contribution in [2.45, 2.75) is 31.9 Å². The van der Waals surface area contributed by atoms with Crippen molar-refractivity contribution < 1.29 is 23.1 Å². The number of aliphatic hydroxyl groups is 1. The molecule has 4 rings (SSSR count). The van der Waals surface area contributed by atoms with E-state index >= 15 is 0 Å². The number of benzene rings is 2. The molecule has 1 aliphatic heterocycles. The molecule has 0 spiro atoms. The first-order chi connectivity index (χ1) is 17.0. The maximum atomic E-state index is 13.6. The van der Waals surface area contributed by atoms with Gasteiger partial charge in [0.2, 0.25) is 5.91 Å². The normalized spacial score (nSPS) is 16.1. The molecule has 1 aliphatic rings. The number of halogens is 2. The van der Waals surface area contributed by atoms with E-state index in [4.69, 9.17) is 23.2 Å². The van der Waals surface area contributed by atoms with Crippen LogP contribution < -0.4 is 10.0 Å². The van der Waals surface area contributed by atoms with Crippen LogP contribution >= 0.6 is 23.2 Å². The first-order valence-electron chi connectivity index (χ1n) is 11.2. The zero-order valence-electron chi connectivity index (χ0n) is 19.7. The van der Waals surface area contributed by atoms with Crippen molar-refractivity contribution >= 4 is 56.1 Å². The molecular weight excluding hydrogens is 527 g/mol. The van der Waals surface area contributed by atoms with Crippen LogP contribution in [0.4, 0.5) is 0 Å². The van der Waals surface area contributed by atoms with E-state index in [1.54, 1.807) is 48.0 Å². The number of nitrogens with one attached hydrogen (secondary N) is 2. The molecule has 9 nitrogen and oxygen atoms in total. The molecule has 3 aromatic rings. The summed E-state index contributed by atoms with van der Waals surface area (Å²) < 4.78 is 30.0. The second-order valence-electron chi connectivity index (χ2n) is 8.84. The Hall–Kier alpha value is -2.63. The first-order valence-corrected chi connectivity index (χ1v) is 13.4. The van der Waals surface area contributed by atoms with Gasteiger partial charge >= 0.3 is 10.2 Å². The number of hydrogen-bond donors (Lipinski definition) is 3. The number of amides is 2. The lowest BCUT2D eigenvalue weighted by atomic mass is 9.80. The van der Waals surface area contributed by atoms with Crippen molar-refractivity contribution in [1.82, 2.24) is 18.9 Å². The summed E-state index contributed by atoms with van der Waals surface area (Å²) in [6.45, 7) is 1.10. The van der Waals surface area contributed by atoms with Crippen LogP contribution in [-0.4, -0.2) is 47.3 Å². The first kappa shape index (κ1) is 26.4. The summed E-state index contributed by atoms with van der Waals surface area (Å²) in [7, 11) is -2.24. The van der Waals surface area contributed by atoms with Gasteiger partial charge in [-0.1, -0.05) is 47.5 Å². The molecule has 0 aliphatic carbocycles. The van der Waals surface area contributed by atoms with Crippen molar-refractivity contribution in [3.05, 3.63) is 69.3 Å². The quantitative estimate of drug-likeness (QED) is 0.434. The Morgan fingerprint density at radius 3 is 2.44 bits per heavy atom. The second kappa shape index (κ2) is 10.0. The molecule has 1 aromatic heterocycles. The van der Waals surface area contributed by atoms with E-state index in [9.17, 15) is 23.1 Å². The van der Waals surface area contributed by atoms with E-state index in [0.717, 1.165) is 18.0 Å². The van der Waals surface area contributed by atoms with Crippen LogP contribution in [0.1, 0.15) is 41.4 Å². The van der Waals surface area contributed by atoms with Crippen LogP contribution in [0.25, 0.3) is 10.9 Å². The summed E-state index contributed by atoms with van der Waals surface area (Å²) in [4.78, 5) is 25.0. The highest BCUT2D eigenvalue weighted by Gasteiger charge is 2.41. The summed E-state index contributed by atoms with van der Waals surface area (Å²) in [5.41, 5.74) is 1.60. The lowest BCUT2D eigenvalue weighted by Crippen LogP contribution is -2.56. The Bertz CT molecular complexity index is 1450. The lowest BCUT2D eigenvalue weighted by molar-refractivity contribution is -0.117. The van der Waals surface area contributed by atoms with Crippen molar-refractivity contribution in [1.29, 1.82) is 0 Å². The standard InChI is InChI=1S/C24H26Cl2N4O5S/c1-15(32)28-36(34,35)30-10-8-24(9-11-30,17-5-3-4-16(12-17)14-31)27-23(33)21-13-18-20(29(21)2)7-6-19(25)22(18)26/h3-7,12-13,31H,8-11,14H2,1-2H3,(H,27,33)(H,28,32). The van der Waals surface area contributed by atoms with Crippen molar-refractivity contribution in [3.8, 4) is 0 Å². The van der Waals surface area contributed by atoms with Crippen LogP contribution in [0.2, 0.25) is 10.0 Å². The average Bonchev–Trinajstić information content (AvgIpc) is 3.18. The monoisotopic (exact) mass is 552 g/mol. The van der Waals surface area contributed by atoms with Crippen LogP contribution in [0.15, 0.2) is 42.5 Å². The molecule has 1 saturated heterocycles. The predicted octanol–water partition coefficient (Wildman–Crippen LogP) is 3.08. The van der Waals surface area contributed by atoms with Crippen molar-refractivity contribution in [2.24, 2.45) is 7.05 Å². The maximum Gasteiger partial charge on any atom is 0.303 e. The van der Waals surface area contributed by atoms with Gasteiger partial charge in [0, 0.05) is 38.0 Å². The minimum absolute atomic E-state index is 0.0722. The minimum atomic E-state index is -3.99. The SMILES string of the molecule is CC(=O)NS(=O)(=O)N1CCC(NC(=O)c2cc3c(Cl)c(Cl)ccc3n2C)(c2cccc(CO)c2)CC1. The number of hydrogen-bond acceptors (Lipinski definition) is 5. The van der Waals surface area contributed by atoms with Crippen LogP contribution in [0, 0.1) is 0 Å². The Morgan fingerprint density at radius 1 is 1.11 bits per heavy atom. The van der Waals surface area contributed by atoms with E-state index in [-0.39, 0.29) is 38.4 Å². The maximum absolute atomic E-state index is 13.6. The number of fused-ring (bicyclic) bond motifs is 1. The van der Waals surface area contributed by atoms with Crippen molar-refractivity contribution in [2.75, 3.05) is 13.1 Å². The molecule has 36 heavy (non-hydrogen) atoms. The van der Waals surface area contributed by atoms with Gasteiger partial charge in [-0.3, -0.25) is 9.59 Å². The number of aryl methyl sites for hydroxylation is 1. The van der Waals surface area contributed by atoms with Gasteiger partial charge in [-0.2, -0.15) is 12.7 Å². The van der Waals surface area contributed by atoms with E-state index in [2.05, 4.69) is 5.32 Å². The van der Waals surface area contributed by atoms with Gasteiger partial charge < -0.3 is 15.0 Å². The third-order valence-electron chi connectivity index (χ3n) is 6.55. The highest BCUT2D eigenvalue weighted by molar-refractivity contribution is 7.87. The topological polar surface area (TPSA) is 121 Å². The molecule has 0 unspecified atom stereocenters. The van der Waals surface area contributed by atoms with Gasteiger partial charge in [-0.05, 0) is 42.2 Å². The summed E-state index contributed by atoms with van der Waals surface area (Å²) in [5.74, 6) is -1.04. The highest BCUT2D eigenvalue weighted by Crippen LogP contribution is 2.36. The molecule has 0 atom stereocenters. The summed E-state index contributed by atoms with van der Waals surface area (Å²) in [5, 5.41) is 14.2. The van der Waals surface area contributed by atoms with Crippen LogP contribution in [0.5, 0.6) is 0 Å². The zero-order valence-corrected chi connectivity index (χ0v) is 22.0. The smallest absolute Gasteiger partial charge is 0.303 e. The molecule has 3 N–H and O–H groups in total. The zero-order chi connectivity index (χ0) is 26.3. The van der Waals surface area contributed by atoms with Gasteiger partial charge in [-0.15, -0.1) is 0 Å². The van der Waals surface area contributed by atoms with E-state index in [1.807, 2.05) is 10.8 Å². The highest BCUT2D eigenvalue weighted by atomic mass is 35.5. The average molecular weight is 553 g/mol. The Kier molecular flexibility index (Phi) is 7.36. The van der Waals surface area contributed by atoms with Gasteiger partial charge in [0.1, 0.15) is 5.69 Å². The number of aromatic nitrogens is 1. The van der Waals surface area contributed by atoms with Gasteiger partial charge in [0.05, 0.1) is 22.2 Å². The van der Waals surface area contributed by atoms with E-state index in [1.165, 1.54) is 4.31 Å². The van der Waals surface area contributed by atoms with E-state index < -0.39 is 21.7 Å². The molecule has 12 heteroatoms. The molecule has 1 fully saturated rings. The van der Waals surface area contributed by atoms with Gasteiger partial charge in [0.15, 0.2) is 0 Å². The van der Waals surface area contributed by atoms with Crippen LogP contribution in [0.3, 0.4) is 0 Å². The number of piperidine rings is 1. The largest absolute Gasteiger partial charge is 0.392 e. The number of carbonyl (C=O) groups excluding carboxylic acids is 2. The van der Waals surface area contributed by atoms with Crippen LogP contribution in [-0.2, 0) is 34.2 Å². The Balaban J connectivity index is 1.70. The third kappa shape index (κ3) is 4.96. The minimum Gasteiger partial charge on any atom is -0.392 e. The Morgan fingerprint density at radius 2 is 1.81 bits per heavy atom. The lowest BCUT2D eigenvalue weighted by Gasteiger charge is -2.42. The molecule has 192 valence electrons. The number of nitrogens with zero attached hydrogens (tertiary/aromatic N) is 2. The van der Waals surface area contributed by atoms with Gasteiger partial charge in [-0.25, -0.2) is 4.72 Å². The predicted molar refractivity (Wildman–Crippen MR) is 138 cm³/mol. The third-order valence-corrected chi connectivity index (χ3v) is 8.96. The number of carbonyl (C=O) groups is 2. The number of rotatable bonds is 6. The number of aliphatic hydroxyl groups excluding tert-OH is 1. The molecule has 0 saturated carbocycles. The molecular formula is C24H26Cl2N4O5S. The molecule has 2 heterocycles. The molecule has 0 radical (unpaired) electrons. The van der Waals surface area contributed by atoms with Gasteiger partial charge in [0.25, 0.3) is 5.91 Å². The van der Waals surface area contributed by atoms with Crippen molar-refractivity contribution in [3.63, 3.8) is 0 Å². The fourth-order valence-corrected chi connectivity index (χ4v) is 6.19. The molecule has 2 amide bonds. The fourth-order valence-electron chi connectivity index (χ4n) is 4.66. The molecule has 2 aromatic carbocycles. The summed E-state index contributed by atoms with van der Waals surface area (Å²) in [6.07, 6.45) is 0.506.